The molecule has 1 aromatic carbocycles. The number of benzene rings is 1. The third-order valence-corrected chi connectivity index (χ3v) is 3.79. The maximum absolute atomic E-state index is 10.8. The molecule has 0 spiro atoms. The van der Waals surface area contributed by atoms with Crippen LogP contribution >= 0.6 is 0 Å². The van der Waals surface area contributed by atoms with Gasteiger partial charge in [-0.05, 0) is 5.56 Å². The lowest BCUT2D eigenvalue weighted by atomic mass is 10.2. The van der Waals surface area contributed by atoms with E-state index in [4.69, 9.17) is 33.2 Å². The van der Waals surface area contributed by atoms with Gasteiger partial charge in [-0.2, -0.15) is 0 Å². The third kappa shape index (κ3) is 18.9. The van der Waals surface area contributed by atoms with Crippen LogP contribution in [0.2, 0.25) is 0 Å². The summed E-state index contributed by atoms with van der Waals surface area (Å²) < 4.78 is 42.0. The summed E-state index contributed by atoms with van der Waals surface area (Å²) in [7, 11) is 1.32. The Morgan fingerprint density at radius 2 is 0.968 bits per heavy atom. The van der Waals surface area contributed by atoms with Crippen LogP contribution in [0.1, 0.15) is 5.56 Å². The Labute approximate surface area is 184 Å². The predicted molar refractivity (Wildman–Crippen MR) is 113 cm³/mol. The van der Waals surface area contributed by atoms with Gasteiger partial charge in [0.2, 0.25) is 0 Å². The van der Waals surface area contributed by atoms with Crippen molar-refractivity contribution >= 4 is 5.97 Å². The minimum atomic E-state index is -0.401. The second kappa shape index (κ2) is 21.6. The molecule has 0 atom stereocenters. The average molecular weight is 445 g/mol. The Morgan fingerprint density at radius 1 is 0.581 bits per heavy atom. The zero-order chi connectivity index (χ0) is 22.2. The van der Waals surface area contributed by atoms with Gasteiger partial charge in [-0.1, -0.05) is 30.3 Å². The van der Waals surface area contributed by atoms with Crippen LogP contribution in [0.25, 0.3) is 0 Å². The second-order valence-corrected chi connectivity index (χ2v) is 6.23. The molecule has 9 heteroatoms. The van der Waals surface area contributed by atoms with Crippen LogP contribution in [0.5, 0.6) is 0 Å². The van der Waals surface area contributed by atoms with Gasteiger partial charge >= 0.3 is 5.97 Å². The Kier molecular flexibility index (Phi) is 19.2. The Balaban J connectivity index is 1.67. The Morgan fingerprint density at radius 3 is 1.39 bits per heavy atom. The number of esters is 1. The van der Waals surface area contributed by atoms with Gasteiger partial charge in [-0.15, -0.1) is 0 Å². The van der Waals surface area contributed by atoms with E-state index in [2.05, 4.69) is 4.74 Å². The van der Waals surface area contributed by atoms with Crippen molar-refractivity contribution in [2.75, 3.05) is 93.0 Å². The minimum Gasteiger partial charge on any atom is -0.467 e. The summed E-state index contributed by atoms with van der Waals surface area (Å²) in [5, 5.41) is 0. The van der Waals surface area contributed by atoms with Crippen molar-refractivity contribution in [2.45, 2.75) is 6.61 Å². The highest BCUT2D eigenvalue weighted by Crippen LogP contribution is 1.99. The van der Waals surface area contributed by atoms with Gasteiger partial charge in [0.1, 0.15) is 6.61 Å². The molecule has 9 nitrogen and oxygen atoms in total. The molecule has 178 valence electrons. The van der Waals surface area contributed by atoms with Crippen LogP contribution in [-0.4, -0.2) is 99.0 Å². The molecule has 1 rings (SSSR count). The zero-order valence-electron chi connectivity index (χ0n) is 18.5. The van der Waals surface area contributed by atoms with Crippen molar-refractivity contribution in [2.24, 2.45) is 0 Å². The van der Waals surface area contributed by atoms with Gasteiger partial charge in [0.25, 0.3) is 0 Å². The predicted octanol–water partition coefficient (Wildman–Crippen LogP) is 1.48. The molecule has 0 aliphatic heterocycles. The van der Waals surface area contributed by atoms with Crippen LogP contribution in [-0.2, 0) is 49.3 Å². The number of rotatable bonds is 22. The molecular weight excluding hydrogens is 408 g/mol. The lowest BCUT2D eigenvalue weighted by Crippen LogP contribution is -2.15. The van der Waals surface area contributed by atoms with Crippen LogP contribution in [0.3, 0.4) is 0 Å². The van der Waals surface area contributed by atoms with Gasteiger partial charge in [-0.3, -0.25) is 0 Å². The monoisotopic (exact) mass is 444 g/mol. The lowest BCUT2D eigenvalue weighted by molar-refractivity contribution is -0.146. The number of carbonyl (C=O) groups excluding carboxylic acids is 1. The molecule has 31 heavy (non-hydrogen) atoms. The van der Waals surface area contributed by atoms with Crippen molar-refractivity contribution in [1.82, 2.24) is 0 Å². The van der Waals surface area contributed by atoms with Crippen LogP contribution < -0.4 is 0 Å². The molecule has 0 heterocycles. The highest BCUT2D eigenvalue weighted by molar-refractivity contribution is 5.70. The standard InChI is InChI=1S/C22H36O9/c1-24-22(23)20-31-18-16-29-14-12-27-10-8-25-7-9-26-11-13-28-15-17-30-19-21-5-3-2-4-6-21/h2-6H,7-20H2,1H3. The minimum absolute atomic E-state index is 0.0609. The molecule has 0 bridgehead atoms. The average Bonchev–Trinajstić information content (AvgIpc) is 2.80. The third-order valence-electron chi connectivity index (χ3n) is 3.79. The van der Waals surface area contributed by atoms with E-state index in [1.54, 1.807) is 0 Å². The van der Waals surface area contributed by atoms with Crippen molar-refractivity contribution in [3.05, 3.63) is 35.9 Å². The summed E-state index contributed by atoms with van der Waals surface area (Å²) in [6.45, 7) is 6.41. The normalized spacial score (nSPS) is 11.0. The van der Waals surface area contributed by atoms with Gasteiger partial charge in [0.05, 0.1) is 93.0 Å². The van der Waals surface area contributed by atoms with Crippen LogP contribution in [0.4, 0.5) is 0 Å². The molecule has 0 fully saturated rings. The highest BCUT2D eigenvalue weighted by Gasteiger charge is 1.99. The van der Waals surface area contributed by atoms with Crippen LogP contribution in [0, 0.1) is 0 Å². The van der Waals surface area contributed by atoms with E-state index >= 15 is 0 Å². The fourth-order valence-electron chi connectivity index (χ4n) is 2.20. The summed E-state index contributed by atoms with van der Waals surface area (Å²) in [6.07, 6.45) is 0. The molecule has 0 aliphatic carbocycles. The van der Waals surface area contributed by atoms with E-state index in [9.17, 15) is 4.79 Å². The molecule has 0 aliphatic rings. The van der Waals surface area contributed by atoms with E-state index in [1.807, 2.05) is 30.3 Å². The smallest absolute Gasteiger partial charge is 0.331 e. The number of ether oxygens (including phenoxy) is 8. The highest BCUT2D eigenvalue weighted by atomic mass is 16.6. The van der Waals surface area contributed by atoms with E-state index in [1.165, 1.54) is 7.11 Å². The Hall–Kier alpha value is -1.59. The van der Waals surface area contributed by atoms with E-state index < -0.39 is 5.97 Å². The van der Waals surface area contributed by atoms with E-state index in [-0.39, 0.29) is 6.61 Å². The number of hydrogen-bond donors (Lipinski definition) is 0. The largest absolute Gasteiger partial charge is 0.467 e. The maximum Gasteiger partial charge on any atom is 0.331 e. The summed E-state index contributed by atoms with van der Waals surface area (Å²) in [5.74, 6) is -0.401. The summed E-state index contributed by atoms with van der Waals surface area (Å²) in [4.78, 5) is 10.8. The molecule has 0 N–H and O–H groups in total. The molecule has 1 aromatic rings. The molecule has 0 saturated heterocycles. The van der Waals surface area contributed by atoms with E-state index in [0.717, 1.165) is 5.56 Å². The maximum atomic E-state index is 10.8. The molecular formula is C22H36O9. The zero-order valence-corrected chi connectivity index (χ0v) is 18.5. The SMILES string of the molecule is COC(=O)COCCOCCOCCOCCOCCOCCOCc1ccccc1. The molecule has 0 radical (unpaired) electrons. The Bertz CT molecular complexity index is 513. The molecule has 0 amide bonds. The molecule has 0 aromatic heterocycles. The topological polar surface area (TPSA) is 90.9 Å². The van der Waals surface area contributed by atoms with Gasteiger partial charge in [-0.25, -0.2) is 4.79 Å². The quantitative estimate of drug-likeness (QED) is 0.195. The number of methoxy groups -OCH3 is 1. The number of hydrogen-bond acceptors (Lipinski definition) is 9. The van der Waals surface area contributed by atoms with Crippen molar-refractivity contribution < 1.29 is 42.7 Å². The first kappa shape index (κ1) is 27.4. The molecule has 0 unspecified atom stereocenters. The first-order valence-electron chi connectivity index (χ1n) is 10.5. The molecule has 0 saturated carbocycles. The summed E-state index contributed by atoms with van der Waals surface area (Å²) >= 11 is 0. The van der Waals surface area contributed by atoms with E-state index in [0.29, 0.717) is 85.9 Å². The second-order valence-electron chi connectivity index (χ2n) is 6.23. The van der Waals surface area contributed by atoms with Gasteiger partial charge in [0.15, 0.2) is 0 Å². The van der Waals surface area contributed by atoms with Gasteiger partial charge in [0, 0.05) is 0 Å². The summed E-state index contributed by atoms with van der Waals surface area (Å²) in [5.41, 5.74) is 1.16. The number of carbonyl (C=O) groups is 1. The lowest BCUT2D eigenvalue weighted by Gasteiger charge is -2.08. The fraction of sp³-hybridized carbons (Fsp3) is 0.682. The van der Waals surface area contributed by atoms with Crippen molar-refractivity contribution in [3.8, 4) is 0 Å². The first-order chi connectivity index (χ1) is 15.3. The fourth-order valence-corrected chi connectivity index (χ4v) is 2.20. The van der Waals surface area contributed by atoms with Crippen molar-refractivity contribution in [3.63, 3.8) is 0 Å². The first-order valence-corrected chi connectivity index (χ1v) is 10.5. The van der Waals surface area contributed by atoms with Crippen molar-refractivity contribution in [1.29, 1.82) is 0 Å². The van der Waals surface area contributed by atoms with Gasteiger partial charge < -0.3 is 37.9 Å². The summed E-state index contributed by atoms with van der Waals surface area (Å²) in [6, 6.07) is 10.0. The van der Waals surface area contributed by atoms with Crippen LogP contribution in [0.15, 0.2) is 30.3 Å².